The summed E-state index contributed by atoms with van der Waals surface area (Å²) in [4.78, 5) is 12.3. The molecule has 1 aliphatic rings. The third kappa shape index (κ3) is 6.22. The van der Waals surface area contributed by atoms with E-state index in [0.29, 0.717) is 0 Å². The molecule has 0 bridgehead atoms. The summed E-state index contributed by atoms with van der Waals surface area (Å²) >= 11 is 0. The minimum atomic E-state index is -0.364. The second-order valence-electron chi connectivity index (χ2n) is 14.5. The largest absolute Gasteiger partial charge is 0.310 e. The summed E-state index contributed by atoms with van der Waals surface area (Å²) in [6.45, 7) is 6.86. The van der Waals surface area contributed by atoms with E-state index in [9.17, 15) is 0 Å². The lowest BCUT2D eigenvalue weighted by molar-refractivity contribution is 0.632. The topological polar surface area (TPSA) is 22.6 Å². The highest BCUT2D eigenvalue weighted by molar-refractivity contribution is 5.91. The Morgan fingerprint density at radius 3 is 1.15 bits per heavy atom. The first-order valence-electron chi connectivity index (χ1n) is 18.9. The van der Waals surface area contributed by atoms with Crippen molar-refractivity contribution < 1.29 is 0 Å². The fourth-order valence-corrected chi connectivity index (χ4v) is 8.01. The average Bonchev–Trinajstić information content (AvgIpc) is 3.24. The second kappa shape index (κ2) is 14.1. The van der Waals surface area contributed by atoms with E-state index in [2.05, 4.69) is 230 Å². The van der Waals surface area contributed by atoms with Crippen molar-refractivity contribution in [2.75, 3.05) is 14.7 Å². The summed E-state index contributed by atoms with van der Waals surface area (Å²) in [6.07, 6.45) is 0. The molecule has 1 aliphatic heterocycles. The van der Waals surface area contributed by atoms with Crippen LogP contribution in [0.25, 0.3) is 11.3 Å². The lowest BCUT2D eigenvalue weighted by Gasteiger charge is -2.43. The molecule has 266 valence electrons. The number of hydrogen-bond donors (Lipinski definition) is 0. The van der Waals surface area contributed by atoms with Crippen molar-refractivity contribution in [1.29, 1.82) is 0 Å². The van der Waals surface area contributed by atoms with Crippen LogP contribution in [0.3, 0.4) is 0 Å². The van der Waals surface area contributed by atoms with Gasteiger partial charge in [-0.05, 0) is 115 Å². The van der Waals surface area contributed by atoms with Crippen molar-refractivity contribution >= 4 is 51.2 Å². The highest BCUT2D eigenvalue weighted by atomic mass is 15.2. The van der Waals surface area contributed by atoms with Crippen molar-refractivity contribution in [2.45, 2.75) is 26.2 Å². The number of benzene rings is 7. The van der Waals surface area contributed by atoms with Crippen molar-refractivity contribution in [3.63, 3.8) is 0 Å². The fraction of sp³-hybridized carbons (Fsp3) is 0.0784. The van der Waals surface area contributed by atoms with Gasteiger partial charge >= 0.3 is 0 Å². The van der Waals surface area contributed by atoms with Crippen molar-refractivity contribution in [3.05, 3.63) is 217 Å². The predicted octanol–water partition coefficient (Wildman–Crippen LogP) is 14.1. The van der Waals surface area contributed by atoms with Gasteiger partial charge in [-0.1, -0.05) is 117 Å². The highest BCUT2D eigenvalue weighted by Crippen LogP contribution is 2.55. The summed E-state index contributed by atoms with van der Waals surface area (Å²) < 4.78 is 0. The third-order valence-corrected chi connectivity index (χ3v) is 10.7. The molecule has 7 aromatic carbocycles. The lowest BCUT2D eigenvalue weighted by atomic mass is 9.73. The molecule has 0 radical (unpaired) electrons. The number of fused-ring (bicyclic) bond motifs is 2. The first kappa shape index (κ1) is 33.9. The number of hydrogen-bond acceptors (Lipinski definition) is 4. The molecule has 0 fully saturated rings. The van der Waals surface area contributed by atoms with E-state index in [1.807, 2.05) is 6.07 Å². The monoisotopic (exact) mass is 710 g/mol. The number of nitrogens with zero attached hydrogens (tertiary/aromatic N) is 4. The summed E-state index contributed by atoms with van der Waals surface area (Å²) in [6, 6.07) is 71.2. The first-order chi connectivity index (χ1) is 27.0. The lowest BCUT2D eigenvalue weighted by Crippen LogP contribution is -2.31. The maximum atomic E-state index is 5.19. The van der Waals surface area contributed by atoms with E-state index < -0.39 is 0 Å². The van der Waals surface area contributed by atoms with Gasteiger partial charge in [0.1, 0.15) is 0 Å². The van der Waals surface area contributed by atoms with Crippen LogP contribution in [0.1, 0.15) is 30.7 Å². The molecule has 9 rings (SSSR count). The molecular weight excluding hydrogens is 669 g/mol. The van der Waals surface area contributed by atoms with E-state index >= 15 is 0 Å². The predicted molar refractivity (Wildman–Crippen MR) is 231 cm³/mol. The Balaban J connectivity index is 1.26. The van der Waals surface area contributed by atoms with Gasteiger partial charge in [0.05, 0.1) is 28.5 Å². The Hall–Kier alpha value is -6.91. The van der Waals surface area contributed by atoms with Crippen LogP contribution in [0.2, 0.25) is 0 Å². The molecule has 0 spiro atoms. The number of aryl methyl sites for hydroxylation is 1. The minimum absolute atomic E-state index is 0.364. The second-order valence-corrected chi connectivity index (χ2v) is 14.5. The Labute approximate surface area is 324 Å². The Bertz CT molecular complexity index is 2360. The number of anilines is 9. The zero-order valence-corrected chi connectivity index (χ0v) is 31.3. The van der Waals surface area contributed by atoms with Gasteiger partial charge in [0.2, 0.25) is 0 Å². The smallest absolute Gasteiger partial charge is 0.0706 e. The van der Waals surface area contributed by atoms with Crippen LogP contribution >= 0.6 is 0 Å². The first-order valence-corrected chi connectivity index (χ1v) is 18.9. The molecule has 4 heteroatoms. The van der Waals surface area contributed by atoms with Gasteiger partial charge in [-0.3, -0.25) is 4.98 Å². The Morgan fingerprint density at radius 2 is 0.764 bits per heavy atom. The van der Waals surface area contributed by atoms with Crippen LogP contribution in [0.5, 0.6) is 0 Å². The normalized spacial score (nSPS) is 12.7. The van der Waals surface area contributed by atoms with Gasteiger partial charge in [-0.15, -0.1) is 0 Å². The molecule has 4 nitrogen and oxygen atoms in total. The number of rotatable bonds is 8. The molecule has 2 heterocycles. The Kier molecular flexibility index (Phi) is 8.72. The van der Waals surface area contributed by atoms with Gasteiger partial charge in [0.25, 0.3) is 0 Å². The summed E-state index contributed by atoms with van der Waals surface area (Å²) in [5.74, 6) is 0. The van der Waals surface area contributed by atoms with Gasteiger partial charge in [0.15, 0.2) is 0 Å². The van der Waals surface area contributed by atoms with E-state index in [1.54, 1.807) is 0 Å². The van der Waals surface area contributed by atoms with Gasteiger partial charge in [-0.2, -0.15) is 0 Å². The summed E-state index contributed by atoms with van der Waals surface area (Å²) in [5.41, 5.74) is 15.2. The SMILES string of the molecule is Cc1nc(-c2ccccc2)ccc1N1c2ccc(N(c3ccccc3)c3ccccc3)cc2C(C)(C)c2cc(N(c3ccccc3)c3ccccc3)ccc21. The van der Waals surface area contributed by atoms with Gasteiger partial charge in [0, 0.05) is 45.1 Å². The maximum Gasteiger partial charge on any atom is 0.0706 e. The number of pyridine rings is 1. The number of aromatic nitrogens is 1. The molecule has 55 heavy (non-hydrogen) atoms. The minimum Gasteiger partial charge on any atom is -0.310 e. The molecule has 0 N–H and O–H groups in total. The molecule has 0 saturated carbocycles. The zero-order chi connectivity index (χ0) is 37.4. The molecule has 8 aromatic rings. The standard InChI is InChI=1S/C51H42N4/c1-37-48(34-31-47(52-37)38-19-9-4-10-20-38)55-49-32-29-43(53(39-21-11-5-12-22-39)40-23-13-6-14-24-40)35-45(49)51(2,3)46-36-44(30-33-50(46)55)54(41-25-15-7-16-26-41)42-27-17-8-18-28-42/h4-36H,1-3H3. The van der Waals surface area contributed by atoms with Crippen LogP contribution < -0.4 is 14.7 Å². The fourth-order valence-electron chi connectivity index (χ4n) is 8.01. The third-order valence-electron chi connectivity index (χ3n) is 10.7. The van der Waals surface area contributed by atoms with Crippen molar-refractivity contribution in [2.24, 2.45) is 0 Å². The zero-order valence-electron chi connectivity index (χ0n) is 31.3. The molecule has 0 atom stereocenters. The van der Waals surface area contributed by atoms with Crippen LogP contribution in [0, 0.1) is 6.92 Å². The van der Waals surface area contributed by atoms with Gasteiger partial charge < -0.3 is 14.7 Å². The van der Waals surface area contributed by atoms with Crippen LogP contribution in [0.4, 0.5) is 51.2 Å². The molecule has 0 unspecified atom stereocenters. The van der Waals surface area contributed by atoms with Crippen LogP contribution in [-0.4, -0.2) is 4.98 Å². The molecule has 0 saturated heterocycles. The van der Waals surface area contributed by atoms with Crippen molar-refractivity contribution in [1.82, 2.24) is 4.98 Å². The molecule has 0 amide bonds. The molecule has 1 aromatic heterocycles. The highest BCUT2D eigenvalue weighted by Gasteiger charge is 2.39. The van der Waals surface area contributed by atoms with E-state index in [-0.39, 0.29) is 5.41 Å². The summed E-state index contributed by atoms with van der Waals surface area (Å²) in [7, 11) is 0. The van der Waals surface area contributed by atoms with E-state index in [1.165, 1.54) is 11.1 Å². The van der Waals surface area contributed by atoms with Gasteiger partial charge in [-0.25, -0.2) is 0 Å². The van der Waals surface area contributed by atoms with Crippen LogP contribution in [-0.2, 0) is 5.41 Å². The quantitative estimate of drug-likeness (QED) is 0.157. The summed E-state index contributed by atoms with van der Waals surface area (Å²) in [5, 5.41) is 0. The maximum absolute atomic E-state index is 5.19. The van der Waals surface area contributed by atoms with Crippen LogP contribution in [0.15, 0.2) is 200 Å². The molecule has 0 aliphatic carbocycles. The van der Waals surface area contributed by atoms with Crippen molar-refractivity contribution in [3.8, 4) is 11.3 Å². The average molecular weight is 711 g/mol. The Morgan fingerprint density at radius 1 is 0.400 bits per heavy atom. The number of para-hydroxylation sites is 4. The molecular formula is C51H42N4. The van der Waals surface area contributed by atoms with E-state index in [4.69, 9.17) is 4.98 Å². The van der Waals surface area contributed by atoms with E-state index in [0.717, 1.165) is 68.1 Å².